The van der Waals surface area contributed by atoms with Crippen molar-refractivity contribution in [3.8, 4) is 0 Å². The molecule has 0 amide bonds. The van der Waals surface area contributed by atoms with Gasteiger partial charge >= 0.3 is 0 Å². The van der Waals surface area contributed by atoms with E-state index in [9.17, 15) is 0 Å². The molecule has 0 N–H and O–H groups in total. The fourth-order valence-electron chi connectivity index (χ4n) is 0.541. The van der Waals surface area contributed by atoms with Crippen molar-refractivity contribution in [2.24, 2.45) is 7.05 Å². The molecule has 1 rings (SSSR count). The average molecular weight is 204 g/mol. The molecule has 60 valence electrons. The average Bonchev–Trinajstić information content (AvgIpc) is 2.14. The van der Waals surface area contributed by atoms with Gasteiger partial charge in [0.05, 0.1) is 12.1 Å². The molecule has 1 aromatic heterocycles. The van der Waals surface area contributed by atoms with Crippen LogP contribution in [0.25, 0.3) is 0 Å². The van der Waals surface area contributed by atoms with Gasteiger partial charge in [-0.05, 0) is 0 Å². The first-order valence-electron chi connectivity index (χ1n) is 2.36. The van der Waals surface area contributed by atoms with Crippen molar-refractivity contribution in [1.82, 2.24) is 9.78 Å². The van der Waals surface area contributed by atoms with Crippen LogP contribution >= 0.6 is 36.4 Å². The Morgan fingerprint density at radius 2 is 2.20 bits per heavy atom. The molecule has 0 bridgehead atoms. The van der Waals surface area contributed by atoms with Crippen LogP contribution in [-0.2, 0) is 12.9 Å². The van der Waals surface area contributed by atoms with Gasteiger partial charge in [-0.1, -0.05) is 0 Å². The first kappa shape index (κ1) is 12.7. The van der Waals surface area contributed by atoms with Gasteiger partial charge in [-0.25, -0.2) is 0 Å². The Balaban J connectivity index is 0. The fourth-order valence-corrected chi connectivity index (χ4v) is 0.679. The Kier molecular flexibility index (Phi) is 7.43. The van der Waals surface area contributed by atoms with Crippen molar-refractivity contribution in [2.75, 3.05) is 0 Å². The second-order valence-corrected chi connectivity index (χ2v) is 1.92. The highest BCUT2D eigenvalue weighted by molar-refractivity contribution is 6.17. The van der Waals surface area contributed by atoms with Crippen LogP contribution < -0.4 is 0 Å². The highest BCUT2D eigenvalue weighted by atomic mass is 35.5. The van der Waals surface area contributed by atoms with Crippen molar-refractivity contribution < 1.29 is 0 Å². The second-order valence-electron chi connectivity index (χ2n) is 1.66. The third-order valence-corrected chi connectivity index (χ3v) is 1.22. The summed E-state index contributed by atoms with van der Waals surface area (Å²) in [5.41, 5.74) is 1.06. The van der Waals surface area contributed by atoms with Crippen molar-refractivity contribution in [2.45, 2.75) is 5.88 Å². The third kappa shape index (κ3) is 3.30. The molecule has 0 aliphatic carbocycles. The number of rotatable bonds is 1. The predicted molar refractivity (Wildman–Crippen MR) is 47.3 cm³/mol. The van der Waals surface area contributed by atoms with Crippen LogP contribution in [0.5, 0.6) is 0 Å². The molecule has 0 unspecified atom stereocenters. The van der Waals surface area contributed by atoms with E-state index in [1.54, 1.807) is 10.9 Å². The zero-order chi connectivity index (χ0) is 5.98. The third-order valence-electron chi connectivity index (χ3n) is 0.913. The normalized spacial score (nSPS) is 7.80. The number of aromatic nitrogens is 2. The summed E-state index contributed by atoms with van der Waals surface area (Å²) in [4.78, 5) is 0. The van der Waals surface area contributed by atoms with E-state index >= 15 is 0 Å². The van der Waals surface area contributed by atoms with Gasteiger partial charge in [-0.3, -0.25) is 4.68 Å². The van der Waals surface area contributed by atoms with Gasteiger partial charge in [0, 0.05) is 18.8 Å². The summed E-state index contributed by atoms with van der Waals surface area (Å²) in [7, 11) is 1.87. The number of halogens is 3. The highest BCUT2D eigenvalue weighted by Gasteiger charge is 1.89. The van der Waals surface area contributed by atoms with Crippen LogP contribution in [0.1, 0.15) is 5.56 Å². The topological polar surface area (TPSA) is 17.8 Å². The zero-order valence-electron chi connectivity index (χ0n) is 5.45. The molecule has 1 heterocycles. The van der Waals surface area contributed by atoms with Crippen molar-refractivity contribution >= 4 is 36.4 Å². The van der Waals surface area contributed by atoms with Gasteiger partial charge < -0.3 is 0 Å². The molecule has 0 aromatic carbocycles. The maximum absolute atomic E-state index is 5.49. The lowest BCUT2D eigenvalue weighted by Gasteiger charge is -1.80. The molecule has 0 fully saturated rings. The molecule has 0 atom stereocenters. The van der Waals surface area contributed by atoms with Gasteiger partial charge in [-0.2, -0.15) is 5.10 Å². The Bertz CT molecular complexity index is 175. The first-order valence-corrected chi connectivity index (χ1v) is 2.90. The molecule has 0 spiro atoms. The van der Waals surface area contributed by atoms with Gasteiger partial charge in [0.25, 0.3) is 0 Å². The first-order chi connectivity index (χ1) is 3.83. The van der Waals surface area contributed by atoms with E-state index < -0.39 is 0 Å². The van der Waals surface area contributed by atoms with E-state index in [1.165, 1.54) is 0 Å². The summed E-state index contributed by atoms with van der Waals surface area (Å²) >= 11 is 5.49. The minimum Gasteiger partial charge on any atom is -0.275 e. The Hall–Kier alpha value is 0.0800. The van der Waals surface area contributed by atoms with E-state index in [-0.39, 0.29) is 24.8 Å². The maximum atomic E-state index is 5.49. The summed E-state index contributed by atoms with van der Waals surface area (Å²) < 4.78 is 1.73. The summed E-state index contributed by atoms with van der Waals surface area (Å²) in [6, 6.07) is 0. The van der Waals surface area contributed by atoms with Crippen LogP contribution in [0.15, 0.2) is 12.4 Å². The maximum Gasteiger partial charge on any atom is 0.0533 e. The van der Waals surface area contributed by atoms with Gasteiger partial charge in [0.1, 0.15) is 0 Å². The Labute approximate surface area is 77.4 Å². The lowest BCUT2D eigenvalue weighted by Crippen LogP contribution is -1.84. The van der Waals surface area contributed by atoms with Gasteiger partial charge in [0.15, 0.2) is 0 Å². The van der Waals surface area contributed by atoms with Gasteiger partial charge in [0.2, 0.25) is 0 Å². The van der Waals surface area contributed by atoms with E-state index in [0.717, 1.165) is 5.56 Å². The molecule has 10 heavy (non-hydrogen) atoms. The SMILES string of the molecule is Cl.Cl.Cn1cc(CCl)cn1. The molecular weight excluding hydrogens is 194 g/mol. The molecular formula is C5H9Cl3N2. The smallest absolute Gasteiger partial charge is 0.0533 e. The molecule has 2 nitrogen and oxygen atoms in total. The molecule has 0 aliphatic heterocycles. The molecule has 0 saturated heterocycles. The standard InChI is InChI=1S/C5H7ClN2.2ClH/c1-8-4-5(2-6)3-7-8;;/h3-4H,2H2,1H3;2*1H. The van der Waals surface area contributed by atoms with E-state index in [0.29, 0.717) is 5.88 Å². The zero-order valence-corrected chi connectivity index (χ0v) is 7.84. The summed E-state index contributed by atoms with van der Waals surface area (Å²) in [5.74, 6) is 0.549. The summed E-state index contributed by atoms with van der Waals surface area (Å²) in [5, 5.41) is 3.92. The molecule has 0 saturated carbocycles. The largest absolute Gasteiger partial charge is 0.275 e. The number of aryl methyl sites for hydroxylation is 1. The fraction of sp³-hybridized carbons (Fsp3) is 0.400. The van der Waals surface area contributed by atoms with Gasteiger partial charge in [-0.15, -0.1) is 36.4 Å². The van der Waals surface area contributed by atoms with Crippen LogP contribution in [-0.4, -0.2) is 9.78 Å². The monoisotopic (exact) mass is 202 g/mol. The highest BCUT2D eigenvalue weighted by Crippen LogP contribution is 1.98. The number of nitrogens with zero attached hydrogens (tertiary/aromatic N) is 2. The lowest BCUT2D eigenvalue weighted by molar-refractivity contribution is 0.767. The van der Waals surface area contributed by atoms with Crippen LogP contribution in [0.3, 0.4) is 0 Å². The molecule has 0 aliphatic rings. The minimum absolute atomic E-state index is 0. The summed E-state index contributed by atoms with van der Waals surface area (Å²) in [6.07, 6.45) is 3.65. The number of alkyl halides is 1. The molecule has 1 aromatic rings. The van der Waals surface area contributed by atoms with E-state index in [4.69, 9.17) is 11.6 Å². The quantitative estimate of drug-likeness (QED) is 0.639. The van der Waals surface area contributed by atoms with Crippen LogP contribution in [0.2, 0.25) is 0 Å². The van der Waals surface area contributed by atoms with Crippen molar-refractivity contribution in [3.05, 3.63) is 18.0 Å². The summed E-state index contributed by atoms with van der Waals surface area (Å²) in [6.45, 7) is 0. The number of hydrogen-bond donors (Lipinski definition) is 0. The molecule has 0 radical (unpaired) electrons. The van der Waals surface area contributed by atoms with Crippen molar-refractivity contribution in [3.63, 3.8) is 0 Å². The predicted octanol–water partition coefficient (Wildman–Crippen LogP) is 2.00. The van der Waals surface area contributed by atoms with E-state index in [1.807, 2.05) is 13.2 Å². The van der Waals surface area contributed by atoms with E-state index in [2.05, 4.69) is 5.10 Å². The number of hydrogen-bond acceptors (Lipinski definition) is 1. The molecule has 5 heteroatoms. The van der Waals surface area contributed by atoms with Crippen LogP contribution in [0.4, 0.5) is 0 Å². The Morgan fingerprint density at radius 1 is 1.60 bits per heavy atom. The van der Waals surface area contributed by atoms with Crippen LogP contribution in [0, 0.1) is 0 Å². The lowest BCUT2D eigenvalue weighted by atomic mass is 10.4. The van der Waals surface area contributed by atoms with Crippen molar-refractivity contribution in [1.29, 1.82) is 0 Å². The minimum atomic E-state index is 0. The second kappa shape index (κ2) is 5.83. The Morgan fingerprint density at radius 3 is 2.40 bits per heavy atom.